The third kappa shape index (κ3) is 5.74. The quantitative estimate of drug-likeness (QED) is 0.167. The Bertz CT molecular complexity index is 3680. The molecule has 0 bridgehead atoms. The molecule has 11 aromatic rings. The molecule has 0 amide bonds. The van der Waals surface area contributed by atoms with Crippen molar-refractivity contribution in [3.8, 4) is 67.3 Å². The molecule has 1 heterocycles. The maximum absolute atomic E-state index is 5.34. The van der Waals surface area contributed by atoms with E-state index < -0.39 is 5.41 Å². The monoisotopic (exact) mass is 840 g/mol. The van der Waals surface area contributed by atoms with Crippen molar-refractivity contribution in [2.75, 3.05) is 0 Å². The van der Waals surface area contributed by atoms with Crippen LogP contribution in [-0.4, -0.2) is 9.97 Å². The first-order valence-electron chi connectivity index (χ1n) is 23.0. The van der Waals surface area contributed by atoms with Crippen molar-refractivity contribution in [2.24, 2.45) is 0 Å². The molecule has 10 aromatic carbocycles. The summed E-state index contributed by atoms with van der Waals surface area (Å²) in [5.41, 5.74) is 19.8. The van der Waals surface area contributed by atoms with Gasteiger partial charge in [0.15, 0.2) is 5.82 Å². The first-order chi connectivity index (χ1) is 32.4. The van der Waals surface area contributed by atoms with Crippen LogP contribution in [0.4, 0.5) is 0 Å². The number of nitrogens with zero attached hydrogens (tertiary/aromatic N) is 2. The summed E-state index contributed by atoms with van der Waals surface area (Å²) in [5, 5.41) is 4.86. The minimum absolute atomic E-state index is 0.155. The van der Waals surface area contributed by atoms with Gasteiger partial charge in [-0.05, 0) is 125 Å². The zero-order chi connectivity index (χ0) is 44.0. The van der Waals surface area contributed by atoms with Crippen LogP contribution in [-0.2, 0) is 10.8 Å². The summed E-state index contributed by atoms with van der Waals surface area (Å²) < 4.78 is 0. The average Bonchev–Trinajstić information content (AvgIpc) is 3.80. The third-order valence-corrected chi connectivity index (χ3v) is 14.5. The second kappa shape index (κ2) is 14.7. The summed E-state index contributed by atoms with van der Waals surface area (Å²) in [5.74, 6) is 0.716. The number of rotatable bonds is 6. The Kier molecular flexibility index (Phi) is 8.51. The van der Waals surface area contributed by atoms with Crippen LogP contribution in [0.25, 0.3) is 88.8 Å². The van der Waals surface area contributed by atoms with Gasteiger partial charge in [-0.1, -0.05) is 208 Å². The highest BCUT2D eigenvalue weighted by Gasteiger charge is 2.46. The highest BCUT2D eigenvalue weighted by molar-refractivity contribution is 5.99. The summed E-state index contributed by atoms with van der Waals surface area (Å²) >= 11 is 0. The van der Waals surface area contributed by atoms with Crippen molar-refractivity contribution >= 4 is 21.5 Å². The summed E-state index contributed by atoms with van der Waals surface area (Å²) in [7, 11) is 0. The van der Waals surface area contributed by atoms with Crippen LogP contribution < -0.4 is 0 Å². The Hall–Kier alpha value is -8.20. The fraction of sp³-hybridized carbons (Fsp3) is 0.0625. The number of benzene rings is 10. The predicted octanol–water partition coefficient (Wildman–Crippen LogP) is 16.1. The van der Waals surface area contributed by atoms with Crippen molar-refractivity contribution in [3.63, 3.8) is 0 Å². The van der Waals surface area contributed by atoms with E-state index in [9.17, 15) is 0 Å². The Labute approximate surface area is 385 Å². The molecular formula is C64H44N2. The fourth-order valence-electron chi connectivity index (χ4n) is 11.3. The van der Waals surface area contributed by atoms with Crippen LogP contribution in [0, 0.1) is 0 Å². The molecule has 0 radical (unpaired) electrons. The topological polar surface area (TPSA) is 25.8 Å². The van der Waals surface area contributed by atoms with Gasteiger partial charge in [-0.3, -0.25) is 0 Å². The number of aromatic nitrogens is 2. The van der Waals surface area contributed by atoms with E-state index in [1.165, 1.54) is 82.9 Å². The smallest absolute Gasteiger partial charge is 0.160 e. The minimum atomic E-state index is -0.445. The number of hydrogen-bond donors (Lipinski definition) is 0. The average molecular weight is 841 g/mol. The van der Waals surface area contributed by atoms with Gasteiger partial charge in [0.1, 0.15) is 0 Å². The van der Waals surface area contributed by atoms with E-state index in [-0.39, 0.29) is 5.41 Å². The molecule has 2 aliphatic rings. The predicted molar refractivity (Wildman–Crippen MR) is 274 cm³/mol. The maximum Gasteiger partial charge on any atom is 0.160 e. The number of fused-ring (bicyclic) bond motifs is 8. The molecule has 0 spiro atoms. The first-order valence-corrected chi connectivity index (χ1v) is 23.0. The van der Waals surface area contributed by atoms with Gasteiger partial charge in [0.05, 0.1) is 16.8 Å². The zero-order valence-corrected chi connectivity index (χ0v) is 36.8. The molecule has 0 fully saturated rings. The van der Waals surface area contributed by atoms with Crippen LogP contribution in [0.1, 0.15) is 47.2 Å². The molecular weight excluding hydrogens is 797 g/mol. The molecule has 0 saturated heterocycles. The molecule has 0 saturated carbocycles. The van der Waals surface area contributed by atoms with Gasteiger partial charge in [0.25, 0.3) is 0 Å². The molecule has 2 nitrogen and oxygen atoms in total. The Balaban J connectivity index is 0.931. The van der Waals surface area contributed by atoms with Crippen LogP contribution in [0.3, 0.4) is 0 Å². The second-order valence-electron chi connectivity index (χ2n) is 18.5. The van der Waals surface area contributed by atoms with Gasteiger partial charge in [-0.25, -0.2) is 9.97 Å². The Morgan fingerprint density at radius 3 is 1.58 bits per heavy atom. The molecule has 66 heavy (non-hydrogen) atoms. The van der Waals surface area contributed by atoms with E-state index in [0.717, 1.165) is 33.5 Å². The van der Waals surface area contributed by atoms with Gasteiger partial charge in [-0.2, -0.15) is 0 Å². The van der Waals surface area contributed by atoms with E-state index in [1.54, 1.807) is 0 Å². The molecule has 2 heteroatoms. The van der Waals surface area contributed by atoms with Crippen LogP contribution in [0.2, 0.25) is 0 Å². The van der Waals surface area contributed by atoms with Crippen LogP contribution >= 0.6 is 0 Å². The normalized spacial score (nSPS) is 13.8. The van der Waals surface area contributed by atoms with E-state index in [1.807, 2.05) is 6.07 Å². The van der Waals surface area contributed by atoms with E-state index >= 15 is 0 Å². The summed E-state index contributed by atoms with van der Waals surface area (Å²) in [4.78, 5) is 10.6. The van der Waals surface area contributed by atoms with Crippen molar-refractivity contribution in [1.82, 2.24) is 9.97 Å². The van der Waals surface area contributed by atoms with E-state index in [4.69, 9.17) is 9.97 Å². The van der Waals surface area contributed by atoms with Gasteiger partial charge in [0.2, 0.25) is 0 Å². The minimum Gasteiger partial charge on any atom is -0.228 e. The highest BCUT2D eigenvalue weighted by atomic mass is 14.9. The van der Waals surface area contributed by atoms with Gasteiger partial charge >= 0.3 is 0 Å². The third-order valence-electron chi connectivity index (χ3n) is 14.5. The standard InChI is InChI=1S/C64H44N2/c1-63(2)56-28-16-26-53(61(56)54-37-42-19-12-13-20-43(42)38-57(54)63)60-40-59(65-62(66-60)41-17-6-3-7-18-41)48-32-31-44-35-45(29-30-46(44)36-48)47-33-34-52-51-25-14-15-27-55(51)64(58(52)39-47,49-21-8-4-9-22-49)50-23-10-5-11-24-50/h3-40H,1-2H3. The van der Waals surface area contributed by atoms with Crippen molar-refractivity contribution in [1.29, 1.82) is 0 Å². The first kappa shape index (κ1) is 38.3. The molecule has 13 rings (SSSR count). The van der Waals surface area contributed by atoms with Gasteiger partial charge in [-0.15, -0.1) is 0 Å². The van der Waals surface area contributed by atoms with Crippen LogP contribution in [0.15, 0.2) is 231 Å². The second-order valence-corrected chi connectivity index (χ2v) is 18.5. The lowest BCUT2D eigenvalue weighted by atomic mass is 9.67. The maximum atomic E-state index is 5.34. The molecule has 2 aliphatic carbocycles. The molecule has 0 N–H and O–H groups in total. The van der Waals surface area contributed by atoms with Crippen LogP contribution in [0.5, 0.6) is 0 Å². The summed E-state index contributed by atoms with van der Waals surface area (Å²) in [6, 6.07) is 84.5. The van der Waals surface area contributed by atoms with Crippen molar-refractivity contribution in [2.45, 2.75) is 24.7 Å². The lowest BCUT2D eigenvalue weighted by Crippen LogP contribution is -2.28. The Morgan fingerprint density at radius 2 is 0.833 bits per heavy atom. The number of hydrogen-bond acceptors (Lipinski definition) is 2. The molecule has 1 aromatic heterocycles. The molecule has 0 unspecified atom stereocenters. The lowest BCUT2D eigenvalue weighted by Gasteiger charge is -2.34. The summed E-state index contributed by atoms with van der Waals surface area (Å²) in [6.45, 7) is 4.70. The van der Waals surface area contributed by atoms with E-state index in [2.05, 4.69) is 238 Å². The molecule has 0 atom stereocenters. The zero-order valence-electron chi connectivity index (χ0n) is 36.8. The van der Waals surface area contributed by atoms with E-state index in [0.29, 0.717) is 5.82 Å². The molecule has 310 valence electrons. The van der Waals surface area contributed by atoms with Crippen molar-refractivity contribution in [3.05, 3.63) is 264 Å². The summed E-state index contributed by atoms with van der Waals surface area (Å²) in [6.07, 6.45) is 0. The highest BCUT2D eigenvalue weighted by Crippen LogP contribution is 2.57. The SMILES string of the molecule is CC1(C)c2cc3ccccc3cc2-c2c(-c3cc(-c4ccc5cc(-c6ccc7c(c6)C(c6ccccc6)(c6ccccc6)c6ccccc6-7)ccc5c4)nc(-c4ccccc4)n3)cccc21. The van der Waals surface area contributed by atoms with Gasteiger partial charge in [0, 0.05) is 22.1 Å². The van der Waals surface area contributed by atoms with Gasteiger partial charge < -0.3 is 0 Å². The lowest BCUT2D eigenvalue weighted by molar-refractivity contribution is 0.661. The largest absolute Gasteiger partial charge is 0.228 e. The van der Waals surface area contributed by atoms with Crippen molar-refractivity contribution < 1.29 is 0 Å². The Morgan fingerprint density at radius 1 is 0.303 bits per heavy atom. The molecule has 0 aliphatic heterocycles. The fourth-order valence-corrected chi connectivity index (χ4v) is 11.3.